The molecule has 1 aromatic heterocycles. The molecule has 1 aromatic rings. The summed E-state index contributed by atoms with van der Waals surface area (Å²) in [5.41, 5.74) is 0. The summed E-state index contributed by atoms with van der Waals surface area (Å²) in [6, 6.07) is 3.32. The fraction of sp³-hybridized carbons (Fsp3) is 0.571. The van der Waals surface area contributed by atoms with Crippen molar-refractivity contribution in [2.45, 2.75) is 12.5 Å². The van der Waals surface area contributed by atoms with Gasteiger partial charge in [-0.3, -0.25) is 4.99 Å². The number of halogens is 1. The standard InChI is InChI=1S/C14H22FN5S/c1-16-14(18-7-9-21-2)19-11-5-8-20(10-11)13-12(15)4-3-6-17-13/h3-4,6,11H,5,7-10H2,1-2H3,(H2,16,18,19). The Morgan fingerprint density at radius 3 is 3.19 bits per heavy atom. The smallest absolute Gasteiger partial charge is 0.191 e. The molecule has 1 aliphatic rings. The molecule has 0 saturated carbocycles. The third kappa shape index (κ3) is 4.49. The van der Waals surface area contributed by atoms with E-state index in [9.17, 15) is 4.39 Å². The normalized spacial score (nSPS) is 18.9. The summed E-state index contributed by atoms with van der Waals surface area (Å²) in [5, 5.41) is 6.65. The van der Waals surface area contributed by atoms with Crippen molar-refractivity contribution in [2.24, 2.45) is 4.99 Å². The molecule has 1 aliphatic heterocycles. The van der Waals surface area contributed by atoms with Crippen molar-refractivity contribution in [3.63, 3.8) is 0 Å². The van der Waals surface area contributed by atoms with E-state index in [1.807, 2.05) is 4.90 Å². The molecule has 5 nitrogen and oxygen atoms in total. The number of rotatable bonds is 5. The number of hydrogen-bond acceptors (Lipinski definition) is 4. The minimum atomic E-state index is -0.263. The maximum atomic E-state index is 13.7. The molecule has 2 heterocycles. The molecule has 0 aliphatic carbocycles. The highest BCUT2D eigenvalue weighted by Crippen LogP contribution is 2.20. The first kappa shape index (κ1) is 15.9. The zero-order valence-electron chi connectivity index (χ0n) is 12.5. The number of pyridine rings is 1. The van der Waals surface area contributed by atoms with Crippen LogP contribution < -0.4 is 15.5 Å². The van der Waals surface area contributed by atoms with Crippen LogP contribution in [0.1, 0.15) is 6.42 Å². The molecule has 1 fully saturated rings. The van der Waals surface area contributed by atoms with E-state index in [4.69, 9.17) is 0 Å². The summed E-state index contributed by atoms with van der Waals surface area (Å²) < 4.78 is 13.7. The van der Waals surface area contributed by atoms with Gasteiger partial charge in [-0.1, -0.05) is 0 Å². The lowest BCUT2D eigenvalue weighted by Crippen LogP contribution is -2.45. The number of nitrogens with one attached hydrogen (secondary N) is 2. The van der Waals surface area contributed by atoms with Crippen molar-refractivity contribution in [3.05, 3.63) is 24.1 Å². The van der Waals surface area contributed by atoms with E-state index in [1.165, 1.54) is 6.07 Å². The average Bonchev–Trinajstić information content (AvgIpc) is 2.95. The summed E-state index contributed by atoms with van der Waals surface area (Å²) >= 11 is 1.79. The van der Waals surface area contributed by atoms with Crippen LogP contribution in [0.2, 0.25) is 0 Å². The number of anilines is 1. The van der Waals surface area contributed by atoms with Gasteiger partial charge in [-0.15, -0.1) is 0 Å². The predicted octanol–water partition coefficient (Wildman–Crippen LogP) is 1.33. The van der Waals surface area contributed by atoms with Crippen LogP contribution in [0, 0.1) is 5.82 Å². The molecule has 7 heteroatoms. The van der Waals surface area contributed by atoms with Gasteiger partial charge in [-0.2, -0.15) is 11.8 Å². The zero-order valence-corrected chi connectivity index (χ0v) is 13.3. The minimum absolute atomic E-state index is 0.256. The summed E-state index contributed by atoms with van der Waals surface area (Å²) in [6.07, 6.45) is 4.65. The van der Waals surface area contributed by atoms with Crippen LogP contribution in [0.15, 0.2) is 23.3 Å². The second kappa shape index (κ2) is 8.07. The highest BCUT2D eigenvalue weighted by Gasteiger charge is 2.25. The Labute approximate surface area is 129 Å². The fourth-order valence-electron chi connectivity index (χ4n) is 2.34. The van der Waals surface area contributed by atoms with Crippen LogP contribution >= 0.6 is 11.8 Å². The Kier molecular flexibility index (Phi) is 6.10. The summed E-state index contributed by atoms with van der Waals surface area (Å²) in [7, 11) is 1.76. The van der Waals surface area contributed by atoms with E-state index in [1.54, 1.807) is 31.1 Å². The highest BCUT2D eigenvalue weighted by molar-refractivity contribution is 7.98. The quantitative estimate of drug-likeness (QED) is 0.488. The summed E-state index contributed by atoms with van der Waals surface area (Å²) in [6.45, 7) is 2.41. The van der Waals surface area contributed by atoms with Gasteiger partial charge in [0.15, 0.2) is 17.6 Å². The number of aromatic nitrogens is 1. The van der Waals surface area contributed by atoms with E-state index >= 15 is 0 Å². The number of hydrogen-bond donors (Lipinski definition) is 2. The lowest BCUT2D eigenvalue weighted by molar-refractivity contribution is 0.612. The largest absolute Gasteiger partial charge is 0.356 e. The summed E-state index contributed by atoms with van der Waals surface area (Å²) in [5.74, 6) is 2.02. The second-order valence-corrected chi connectivity index (χ2v) is 5.86. The van der Waals surface area contributed by atoms with Gasteiger partial charge in [0.2, 0.25) is 0 Å². The molecule has 2 N–H and O–H groups in total. The SMILES string of the molecule is CN=C(NCCSC)NC1CCN(c2ncccc2F)C1. The Bertz CT molecular complexity index is 482. The van der Waals surface area contributed by atoms with E-state index in [-0.39, 0.29) is 11.9 Å². The Hall–Kier alpha value is -1.50. The average molecular weight is 311 g/mol. The lowest BCUT2D eigenvalue weighted by Gasteiger charge is -2.19. The predicted molar refractivity (Wildman–Crippen MR) is 87.7 cm³/mol. The third-order valence-corrected chi connectivity index (χ3v) is 4.00. The first-order valence-electron chi connectivity index (χ1n) is 7.06. The van der Waals surface area contributed by atoms with Gasteiger partial charge in [-0.25, -0.2) is 9.37 Å². The molecule has 1 saturated heterocycles. The third-order valence-electron chi connectivity index (χ3n) is 3.39. The maximum Gasteiger partial charge on any atom is 0.191 e. The van der Waals surface area contributed by atoms with Gasteiger partial charge in [0.25, 0.3) is 0 Å². The molecule has 1 atom stereocenters. The van der Waals surface area contributed by atoms with Crippen LogP contribution in [0.4, 0.5) is 10.2 Å². The summed E-state index contributed by atoms with van der Waals surface area (Å²) in [4.78, 5) is 10.3. The second-order valence-electron chi connectivity index (χ2n) is 4.88. The molecule has 0 aromatic carbocycles. The van der Waals surface area contributed by atoms with E-state index < -0.39 is 0 Å². The number of aliphatic imine (C=N–C) groups is 1. The van der Waals surface area contributed by atoms with Crippen LogP contribution in [-0.2, 0) is 0 Å². The minimum Gasteiger partial charge on any atom is -0.356 e. The molecular weight excluding hydrogens is 289 g/mol. The van der Waals surface area contributed by atoms with Crippen molar-refractivity contribution in [2.75, 3.05) is 43.6 Å². The topological polar surface area (TPSA) is 52.6 Å². The van der Waals surface area contributed by atoms with Gasteiger partial charge < -0.3 is 15.5 Å². The first-order valence-corrected chi connectivity index (χ1v) is 8.45. The van der Waals surface area contributed by atoms with Crippen molar-refractivity contribution in [1.29, 1.82) is 0 Å². The molecule has 0 spiro atoms. The van der Waals surface area contributed by atoms with Gasteiger partial charge >= 0.3 is 0 Å². The number of guanidine groups is 1. The van der Waals surface area contributed by atoms with Gasteiger partial charge in [0, 0.05) is 44.7 Å². The Morgan fingerprint density at radius 1 is 1.62 bits per heavy atom. The van der Waals surface area contributed by atoms with E-state index in [2.05, 4.69) is 26.9 Å². The van der Waals surface area contributed by atoms with Crippen LogP contribution in [0.25, 0.3) is 0 Å². The zero-order chi connectivity index (χ0) is 15.1. The van der Waals surface area contributed by atoms with Crippen LogP contribution in [0.5, 0.6) is 0 Å². The molecule has 1 unspecified atom stereocenters. The van der Waals surface area contributed by atoms with Crippen molar-refractivity contribution >= 4 is 23.5 Å². The Balaban J connectivity index is 1.86. The van der Waals surface area contributed by atoms with Crippen molar-refractivity contribution in [3.8, 4) is 0 Å². The maximum absolute atomic E-state index is 13.7. The van der Waals surface area contributed by atoms with Crippen LogP contribution in [0.3, 0.4) is 0 Å². The van der Waals surface area contributed by atoms with Gasteiger partial charge in [0.05, 0.1) is 0 Å². The molecule has 0 radical (unpaired) electrons. The number of thioether (sulfide) groups is 1. The van der Waals surface area contributed by atoms with Crippen LogP contribution in [-0.4, -0.2) is 55.7 Å². The molecule has 0 amide bonds. The highest BCUT2D eigenvalue weighted by atomic mass is 32.2. The van der Waals surface area contributed by atoms with E-state index in [0.29, 0.717) is 5.82 Å². The first-order chi connectivity index (χ1) is 10.2. The van der Waals surface area contributed by atoms with E-state index in [0.717, 1.165) is 37.8 Å². The lowest BCUT2D eigenvalue weighted by atomic mass is 10.3. The Morgan fingerprint density at radius 2 is 2.48 bits per heavy atom. The molecule has 116 valence electrons. The monoisotopic (exact) mass is 311 g/mol. The molecule has 0 bridgehead atoms. The fourth-order valence-corrected chi connectivity index (χ4v) is 2.65. The van der Waals surface area contributed by atoms with Crippen molar-refractivity contribution in [1.82, 2.24) is 15.6 Å². The molecular formula is C14H22FN5S. The van der Waals surface area contributed by atoms with Gasteiger partial charge in [-0.05, 0) is 24.8 Å². The van der Waals surface area contributed by atoms with Crippen molar-refractivity contribution < 1.29 is 4.39 Å². The molecule has 2 rings (SSSR count). The van der Waals surface area contributed by atoms with Gasteiger partial charge in [0.1, 0.15) is 0 Å². The molecule has 21 heavy (non-hydrogen) atoms. The number of nitrogens with zero attached hydrogens (tertiary/aromatic N) is 3.